The maximum absolute atomic E-state index is 13.1. The molecule has 2 amide bonds. The van der Waals surface area contributed by atoms with Crippen molar-refractivity contribution in [1.29, 1.82) is 0 Å². The predicted molar refractivity (Wildman–Crippen MR) is 104 cm³/mol. The van der Waals surface area contributed by atoms with Crippen LogP contribution in [0.5, 0.6) is 0 Å². The number of halogens is 1. The number of amides is 2. The number of aromatic nitrogens is 1. The van der Waals surface area contributed by atoms with Gasteiger partial charge in [-0.05, 0) is 31.2 Å². The number of hydrogen-bond donors (Lipinski definition) is 0. The highest BCUT2D eigenvalue weighted by Gasteiger charge is 2.32. The number of carbonyl (C=O) groups excluding carboxylic acids is 2. The maximum atomic E-state index is 13.1. The molecule has 0 aliphatic carbocycles. The first-order valence-electron chi connectivity index (χ1n) is 8.99. The van der Waals surface area contributed by atoms with Gasteiger partial charge in [0.15, 0.2) is 0 Å². The Bertz CT molecular complexity index is 847. The van der Waals surface area contributed by atoms with E-state index in [1.54, 1.807) is 17.0 Å². The molecule has 1 aliphatic heterocycles. The number of aryl methyl sites for hydroxylation is 1. The lowest BCUT2D eigenvalue weighted by Crippen LogP contribution is -2.53. The summed E-state index contributed by atoms with van der Waals surface area (Å²) in [6.45, 7) is 9.67. The Balaban J connectivity index is 1.70. The number of rotatable bonds is 2. The largest absolute Gasteiger partial charge is 0.339 e. The van der Waals surface area contributed by atoms with Crippen LogP contribution in [-0.2, 0) is 4.79 Å². The second kappa shape index (κ2) is 7.38. The van der Waals surface area contributed by atoms with Gasteiger partial charge in [0.25, 0.3) is 5.91 Å². The normalized spacial score (nSPS) is 15.1. The summed E-state index contributed by atoms with van der Waals surface area (Å²) in [5.74, 6) is -0.241. The van der Waals surface area contributed by atoms with Crippen LogP contribution in [0.2, 0.25) is 0 Å². The third-order valence-corrected chi connectivity index (χ3v) is 5.77. The van der Waals surface area contributed by atoms with Crippen LogP contribution in [0.25, 0.3) is 10.6 Å². The minimum absolute atomic E-state index is 0.0544. The molecule has 0 unspecified atom stereocenters. The monoisotopic (exact) mass is 389 g/mol. The summed E-state index contributed by atoms with van der Waals surface area (Å²) >= 11 is 1.33. The molecule has 144 valence electrons. The van der Waals surface area contributed by atoms with Crippen molar-refractivity contribution in [2.24, 2.45) is 5.41 Å². The van der Waals surface area contributed by atoms with Gasteiger partial charge >= 0.3 is 0 Å². The van der Waals surface area contributed by atoms with E-state index in [0.717, 1.165) is 5.56 Å². The fraction of sp³-hybridized carbons (Fsp3) is 0.450. The first kappa shape index (κ1) is 19.5. The van der Waals surface area contributed by atoms with Gasteiger partial charge in [-0.3, -0.25) is 9.59 Å². The number of hydrogen-bond acceptors (Lipinski definition) is 4. The van der Waals surface area contributed by atoms with E-state index in [1.807, 2.05) is 32.6 Å². The molecule has 5 nitrogen and oxygen atoms in total. The van der Waals surface area contributed by atoms with E-state index in [4.69, 9.17) is 0 Å². The molecule has 1 saturated heterocycles. The van der Waals surface area contributed by atoms with Gasteiger partial charge in [0.05, 0.1) is 5.69 Å². The predicted octanol–water partition coefficient (Wildman–Crippen LogP) is 3.59. The zero-order chi connectivity index (χ0) is 19.8. The van der Waals surface area contributed by atoms with Crippen LogP contribution in [-0.4, -0.2) is 52.8 Å². The molecular formula is C20H24FN3O2S. The SMILES string of the molecule is Cc1nc(-c2ccc(F)cc2)sc1C(=O)N1CCN(C(=O)C(C)(C)C)CC1. The van der Waals surface area contributed by atoms with Crippen LogP contribution in [0.1, 0.15) is 36.1 Å². The second-order valence-electron chi connectivity index (χ2n) is 7.77. The minimum atomic E-state index is -0.412. The van der Waals surface area contributed by atoms with Gasteiger partial charge in [-0.2, -0.15) is 0 Å². The lowest BCUT2D eigenvalue weighted by molar-refractivity contribution is -0.140. The molecule has 0 spiro atoms. The zero-order valence-electron chi connectivity index (χ0n) is 16.1. The summed E-state index contributed by atoms with van der Waals surface area (Å²) in [6, 6.07) is 6.11. The molecule has 2 heterocycles. The molecule has 0 radical (unpaired) electrons. The van der Waals surface area contributed by atoms with Crippen LogP contribution in [0.3, 0.4) is 0 Å². The van der Waals surface area contributed by atoms with Gasteiger partial charge in [0.1, 0.15) is 15.7 Å². The first-order valence-corrected chi connectivity index (χ1v) is 9.80. The first-order chi connectivity index (χ1) is 12.7. The van der Waals surface area contributed by atoms with Crippen LogP contribution in [0.4, 0.5) is 4.39 Å². The van der Waals surface area contributed by atoms with E-state index in [-0.39, 0.29) is 17.6 Å². The molecule has 0 saturated carbocycles. The molecule has 1 aromatic heterocycles. The van der Waals surface area contributed by atoms with E-state index in [9.17, 15) is 14.0 Å². The zero-order valence-corrected chi connectivity index (χ0v) is 16.9. The number of nitrogens with zero attached hydrogens (tertiary/aromatic N) is 3. The molecule has 0 N–H and O–H groups in total. The second-order valence-corrected chi connectivity index (χ2v) is 8.77. The van der Waals surface area contributed by atoms with E-state index in [0.29, 0.717) is 41.8 Å². The van der Waals surface area contributed by atoms with Crippen molar-refractivity contribution in [3.63, 3.8) is 0 Å². The lowest BCUT2D eigenvalue weighted by Gasteiger charge is -2.37. The average molecular weight is 389 g/mol. The molecule has 3 rings (SSSR count). The van der Waals surface area contributed by atoms with Crippen molar-refractivity contribution >= 4 is 23.2 Å². The van der Waals surface area contributed by atoms with Gasteiger partial charge in [0, 0.05) is 37.2 Å². The Hall–Kier alpha value is -2.28. The van der Waals surface area contributed by atoms with Crippen LogP contribution in [0, 0.1) is 18.2 Å². The number of benzene rings is 1. The lowest BCUT2D eigenvalue weighted by atomic mass is 9.94. The third-order valence-electron chi connectivity index (χ3n) is 4.58. The summed E-state index contributed by atoms with van der Waals surface area (Å²) in [5, 5.41) is 0.706. The molecular weight excluding hydrogens is 365 g/mol. The summed E-state index contributed by atoms with van der Waals surface area (Å²) in [4.78, 5) is 34.0. The van der Waals surface area contributed by atoms with E-state index >= 15 is 0 Å². The number of thiazole rings is 1. The van der Waals surface area contributed by atoms with Crippen molar-refractivity contribution in [1.82, 2.24) is 14.8 Å². The van der Waals surface area contributed by atoms with Gasteiger partial charge in [-0.25, -0.2) is 9.37 Å². The van der Waals surface area contributed by atoms with Crippen LogP contribution in [0.15, 0.2) is 24.3 Å². The third kappa shape index (κ3) is 4.18. The van der Waals surface area contributed by atoms with E-state index < -0.39 is 5.41 Å². The van der Waals surface area contributed by atoms with Gasteiger partial charge in [-0.15, -0.1) is 11.3 Å². The Morgan fingerprint density at radius 3 is 2.15 bits per heavy atom. The quantitative estimate of drug-likeness (QED) is 0.789. The van der Waals surface area contributed by atoms with Crippen LogP contribution < -0.4 is 0 Å². The molecule has 1 aromatic carbocycles. The van der Waals surface area contributed by atoms with Gasteiger partial charge < -0.3 is 9.80 Å². The Kier molecular flexibility index (Phi) is 5.33. The van der Waals surface area contributed by atoms with E-state index in [1.165, 1.54) is 23.5 Å². The highest BCUT2D eigenvalue weighted by Crippen LogP contribution is 2.29. The topological polar surface area (TPSA) is 53.5 Å². The Labute approximate surface area is 162 Å². The van der Waals surface area contributed by atoms with Crippen molar-refractivity contribution in [3.05, 3.63) is 40.7 Å². The highest BCUT2D eigenvalue weighted by atomic mass is 32.1. The Morgan fingerprint density at radius 1 is 1.04 bits per heavy atom. The maximum Gasteiger partial charge on any atom is 0.265 e. The summed E-state index contributed by atoms with van der Waals surface area (Å²) in [6.07, 6.45) is 0. The fourth-order valence-corrected chi connectivity index (χ4v) is 4.08. The molecule has 1 aliphatic rings. The summed E-state index contributed by atoms with van der Waals surface area (Å²) in [5.41, 5.74) is 1.06. The number of carbonyl (C=O) groups is 2. The molecule has 7 heteroatoms. The van der Waals surface area contributed by atoms with Crippen molar-refractivity contribution in [2.75, 3.05) is 26.2 Å². The van der Waals surface area contributed by atoms with E-state index in [2.05, 4.69) is 4.98 Å². The molecule has 2 aromatic rings. The fourth-order valence-electron chi connectivity index (χ4n) is 3.04. The van der Waals surface area contributed by atoms with Crippen molar-refractivity contribution in [2.45, 2.75) is 27.7 Å². The number of piperazine rings is 1. The summed E-state index contributed by atoms with van der Waals surface area (Å²) in [7, 11) is 0. The van der Waals surface area contributed by atoms with Gasteiger partial charge in [-0.1, -0.05) is 20.8 Å². The molecule has 27 heavy (non-hydrogen) atoms. The standard InChI is InChI=1S/C20H24FN3O2S/c1-13-16(27-17(22-13)14-5-7-15(21)8-6-14)18(25)23-9-11-24(12-10-23)19(26)20(2,3)4/h5-8H,9-12H2,1-4H3. The molecule has 1 fully saturated rings. The van der Waals surface area contributed by atoms with Crippen LogP contribution >= 0.6 is 11.3 Å². The van der Waals surface area contributed by atoms with Crippen molar-refractivity contribution < 1.29 is 14.0 Å². The highest BCUT2D eigenvalue weighted by molar-refractivity contribution is 7.17. The minimum Gasteiger partial charge on any atom is -0.339 e. The smallest absolute Gasteiger partial charge is 0.265 e. The molecule has 0 bridgehead atoms. The summed E-state index contributed by atoms with van der Waals surface area (Å²) < 4.78 is 13.1. The van der Waals surface area contributed by atoms with Crippen molar-refractivity contribution in [3.8, 4) is 10.6 Å². The Morgan fingerprint density at radius 2 is 1.59 bits per heavy atom. The van der Waals surface area contributed by atoms with Gasteiger partial charge in [0.2, 0.25) is 5.91 Å². The molecule has 0 atom stereocenters. The average Bonchev–Trinajstić information content (AvgIpc) is 3.02.